The Morgan fingerprint density at radius 1 is 1.20 bits per heavy atom. The Bertz CT molecular complexity index is 813. The molecular weight excluding hydrogens is 337 g/mol. The highest BCUT2D eigenvalue weighted by Gasteiger charge is 2.36. The van der Waals surface area contributed by atoms with E-state index >= 15 is 0 Å². The molecule has 25 heavy (non-hydrogen) atoms. The van der Waals surface area contributed by atoms with Gasteiger partial charge in [0.05, 0.1) is 10.5 Å². The highest BCUT2D eigenvalue weighted by Crippen LogP contribution is 2.38. The Balaban J connectivity index is 2.57. The third-order valence-corrected chi connectivity index (χ3v) is 3.68. The lowest BCUT2D eigenvalue weighted by molar-refractivity contribution is -0.386. The summed E-state index contributed by atoms with van der Waals surface area (Å²) in [6, 6.07) is 5.90. The molecule has 0 atom stereocenters. The lowest BCUT2D eigenvalue weighted by Crippen LogP contribution is -2.13. The van der Waals surface area contributed by atoms with Crippen molar-refractivity contribution in [3.05, 3.63) is 57.0 Å². The minimum Gasteiger partial charge on any atom is -0.349 e. The molecule has 0 aliphatic heterocycles. The maximum absolute atomic E-state index is 13.5. The van der Waals surface area contributed by atoms with Crippen LogP contribution in [0.4, 0.5) is 18.9 Å². The minimum absolute atomic E-state index is 0.0825. The number of hydrogen-bond acceptors (Lipinski definition) is 4. The highest BCUT2D eigenvalue weighted by molar-refractivity contribution is 5.85. The molecule has 0 unspecified atom stereocenters. The van der Waals surface area contributed by atoms with Crippen LogP contribution in [0.15, 0.2) is 28.8 Å². The number of nitrogens with zero attached hydrogens (tertiary/aromatic N) is 2. The van der Waals surface area contributed by atoms with E-state index in [1.807, 2.05) is 20.8 Å². The molecule has 1 aromatic carbocycles. The van der Waals surface area contributed by atoms with Crippen LogP contribution >= 0.6 is 0 Å². The summed E-state index contributed by atoms with van der Waals surface area (Å²) in [4.78, 5) is 10.2. The molecule has 0 amide bonds. The van der Waals surface area contributed by atoms with Gasteiger partial charge in [0.15, 0.2) is 5.69 Å². The average Bonchev–Trinajstić information content (AvgIpc) is 2.83. The van der Waals surface area contributed by atoms with Crippen molar-refractivity contribution in [2.45, 2.75) is 39.3 Å². The van der Waals surface area contributed by atoms with E-state index < -0.39 is 28.1 Å². The second-order valence-corrected chi connectivity index (χ2v) is 6.62. The zero-order chi connectivity index (χ0) is 19.0. The van der Waals surface area contributed by atoms with E-state index in [4.69, 9.17) is 4.52 Å². The molecule has 5 nitrogen and oxygen atoms in total. The van der Waals surface area contributed by atoms with Gasteiger partial charge in [-0.25, -0.2) is 0 Å². The third kappa shape index (κ3) is 4.07. The monoisotopic (exact) mass is 354 g/mol. The van der Waals surface area contributed by atoms with Crippen molar-refractivity contribution in [1.29, 1.82) is 0 Å². The van der Waals surface area contributed by atoms with Crippen LogP contribution < -0.4 is 0 Å². The predicted octanol–water partition coefficient (Wildman–Crippen LogP) is 5.29. The van der Waals surface area contributed by atoms with Gasteiger partial charge < -0.3 is 4.52 Å². The fraction of sp³-hybridized carbons (Fsp3) is 0.353. The topological polar surface area (TPSA) is 69.2 Å². The van der Waals surface area contributed by atoms with Gasteiger partial charge in [-0.05, 0) is 23.5 Å². The van der Waals surface area contributed by atoms with E-state index in [1.54, 1.807) is 12.1 Å². The molecule has 2 aromatic rings. The first-order chi connectivity index (χ1) is 11.4. The van der Waals surface area contributed by atoms with Gasteiger partial charge in [-0.3, -0.25) is 10.1 Å². The van der Waals surface area contributed by atoms with Crippen LogP contribution in [-0.4, -0.2) is 16.3 Å². The fourth-order valence-corrected chi connectivity index (χ4v) is 2.31. The molecule has 0 bridgehead atoms. The number of aromatic nitrogens is 1. The van der Waals surface area contributed by atoms with E-state index in [-0.39, 0.29) is 16.7 Å². The standard InChI is InChI=1S/C17H17F3N2O3/c1-10-15(22(23)24)14(25-21-10)9-13(17(18,19)20)11-5-7-12(8-6-11)16(2,3)4/h5-9H,1-4H3. The van der Waals surface area contributed by atoms with E-state index in [0.717, 1.165) is 5.56 Å². The predicted molar refractivity (Wildman–Crippen MR) is 87.0 cm³/mol. The Labute approximate surface area is 142 Å². The van der Waals surface area contributed by atoms with Crippen molar-refractivity contribution in [3.8, 4) is 0 Å². The van der Waals surface area contributed by atoms with Gasteiger partial charge >= 0.3 is 11.9 Å². The second kappa shape index (κ2) is 6.34. The maximum Gasteiger partial charge on any atom is 0.417 e. The van der Waals surface area contributed by atoms with Crippen molar-refractivity contribution in [3.63, 3.8) is 0 Å². The Morgan fingerprint density at radius 3 is 2.20 bits per heavy atom. The molecule has 0 saturated heterocycles. The van der Waals surface area contributed by atoms with Gasteiger partial charge in [0.1, 0.15) is 0 Å². The third-order valence-electron chi connectivity index (χ3n) is 3.68. The van der Waals surface area contributed by atoms with Crippen molar-refractivity contribution >= 4 is 17.3 Å². The maximum atomic E-state index is 13.5. The van der Waals surface area contributed by atoms with Crippen LogP contribution in [0.25, 0.3) is 11.6 Å². The molecular formula is C17H17F3N2O3. The van der Waals surface area contributed by atoms with E-state index in [0.29, 0.717) is 6.08 Å². The van der Waals surface area contributed by atoms with E-state index in [1.165, 1.54) is 19.1 Å². The molecule has 0 fully saturated rings. The lowest BCUT2D eigenvalue weighted by Gasteiger charge is -2.20. The number of nitro groups is 1. The molecule has 0 aliphatic rings. The van der Waals surface area contributed by atoms with Gasteiger partial charge in [0.2, 0.25) is 5.76 Å². The quantitative estimate of drug-likeness (QED) is 0.554. The van der Waals surface area contributed by atoms with Gasteiger partial charge in [0.25, 0.3) is 0 Å². The lowest BCUT2D eigenvalue weighted by atomic mass is 9.86. The van der Waals surface area contributed by atoms with Crippen LogP contribution in [0.2, 0.25) is 0 Å². The summed E-state index contributed by atoms with van der Waals surface area (Å²) < 4.78 is 45.1. The number of hydrogen-bond donors (Lipinski definition) is 0. The first-order valence-corrected chi connectivity index (χ1v) is 7.41. The first kappa shape index (κ1) is 18.7. The average molecular weight is 354 g/mol. The SMILES string of the molecule is Cc1noc(C=C(c2ccc(C(C)(C)C)cc2)C(F)(F)F)c1[N+](=O)[O-]. The van der Waals surface area contributed by atoms with Gasteiger partial charge in [-0.2, -0.15) is 13.2 Å². The molecule has 8 heteroatoms. The zero-order valence-electron chi connectivity index (χ0n) is 14.1. The second-order valence-electron chi connectivity index (χ2n) is 6.62. The molecule has 0 radical (unpaired) electrons. The number of rotatable bonds is 3. The molecule has 1 aromatic heterocycles. The largest absolute Gasteiger partial charge is 0.417 e. The Hall–Kier alpha value is -2.64. The Kier molecular flexibility index (Phi) is 4.74. The van der Waals surface area contributed by atoms with E-state index in [2.05, 4.69) is 5.16 Å². The number of allylic oxidation sites excluding steroid dienone is 1. The van der Waals surface area contributed by atoms with Crippen LogP contribution in [0.5, 0.6) is 0 Å². The van der Waals surface area contributed by atoms with Gasteiger partial charge in [-0.1, -0.05) is 50.2 Å². The normalized spacial score (nSPS) is 13.2. The number of halogens is 3. The van der Waals surface area contributed by atoms with Crippen molar-refractivity contribution < 1.29 is 22.6 Å². The molecule has 0 saturated carbocycles. The van der Waals surface area contributed by atoms with Crippen molar-refractivity contribution in [2.75, 3.05) is 0 Å². The van der Waals surface area contributed by atoms with Crippen molar-refractivity contribution in [2.24, 2.45) is 0 Å². The van der Waals surface area contributed by atoms with Gasteiger partial charge in [-0.15, -0.1) is 0 Å². The molecule has 0 N–H and O–H groups in total. The van der Waals surface area contributed by atoms with Gasteiger partial charge in [0, 0.05) is 6.08 Å². The fourth-order valence-electron chi connectivity index (χ4n) is 2.31. The molecule has 1 heterocycles. The number of aryl methyl sites for hydroxylation is 1. The summed E-state index contributed by atoms with van der Waals surface area (Å²) in [7, 11) is 0. The smallest absolute Gasteiger partial charge is 0.349 e. The van der Waals surface area contributed by atoms with Crippen molar-refractivity contribution in [1.82, 2.24) is 5.16 Å². The van der Waals surface area contributed by atoms with Crippen LogP contribution in [0.3, 0.4) is 0 Å². The molecule has 134 valence electrons. The molecule has 0 aliphatic carbocycles. The Morgan fingerprint density at radius 2 is 1.76 bits per heavy atom. The van der Waals surface area contributed by atoms with Crippen LogP contribution in [0, 0.1) is 17.0 Å². The highest BCUT2D eigenvalue weighted by atomic mass is 19.4. The summed E-state index contributed by atoms with van der Waals surface area (Å²) in [5, 5.41) is 14.4. The first-order valence-electron chi connectivity index (χ1n) is 7.41. The summed E-state index contributed by atoms with van der Waals surface area (Å²) in [6.07, 6.45) is -4.10. The minimum atomic E-state index is -4.71. The number of alkyl halides is 3. The zero-order valence-corrected chi connectivity index (χ0v) is 14.1. The molecule has 2 rings (SSSR count). The van der Waals surface area contributed by atoms with Crippen LogP contribution in [0.1, 0.15) is 43.4 Å². The summed E-state index contributed by atoms with van der Waals surface area (Å²) >= 11 is 0. The van der Waals surface area contributed by atoms with Crippen LogP contribution in [-0.2, 0) is 5.41 Å². The summed E-state index contributed by atoms with van der Waals surface area (Å²) in [6.45, 7) is 7.14. The summed E-state index contributed by atoms with van der Waals surface area (Å²) in [5.41, 5.74) is -1.13. The number of benzene rings is 1. The molecule has 0 spiro atoms. The van der Waals surface area contributed by atoms with E-state index in [9.17, 15) is 23.3 Å². The summed E-state index contributed by atoms with van der Waals surface area (Å²) in [5.74, 6) is -0.533.